The number of amides is 1. The van der Waals surface area contributed by atoms with Gasteiger partial charge in [0.25, 0.3) is 0 Å². The maximum Gasteiger partial charge on any atom is 0.230 e. The smallest absolute Gasteiger partial charge is 0.230 e. The molecule has 1 saturated carbocycles. The van der Waals surface area contributed by atoms with Crippen LogP contribution < -0.4 is 5.32 Å². The van der Waals surface area contributed by atoms with Gasteiger partial charge in [0.15, 0.2) is 0 Å². The van der Waals surface area contributed by atoms with E-state index in [4.69, 9.17) is 0 Å². The summed E-state index contributed by atoms with van der Waals surface area (Å²) in [4.78, 5) is 11.8. The maximum absolute atomic E-state index is 11.8. The Morgan fingerprint density at radius 3 is 2.65 bits per heavy atom. The zero-order valence-corrected chi connectivity index (χ0v) is 12.6. The van der Waals surface area contributed by atoms with E-state index in [9.17, 15) is 9.90 Å². The predicted molar refractivity (Wildman–Crippen MR) is 83.7 cm³/mol. The zero-order valence-electron chi connectivity index (χ0n) is 11.8. The molecule has 1 aliphatic carbocycles. The molecule has 3 nitrogen and oxygen atoms in total. The van der Waals surface area contributed by atoms with Crippen molar-refractivity contribution in [1.29, 1.82) is 0 Å². The van der Waals surface area contributed by atoms with Gasteiger partial charge >= 0.3 is 0 Å². The second-order valence-corrected chi connectivity index (χ2v) is 6.37. The predicted octanol–water partition coefficient (Wildman–Crippen LogP) is 2.90. The minimum absolute atomic E-state index is 0.0992. The fourth-order valence-corrected chi connectivity index (χ4v) is 3.35. The molecule has 20 heavy (non-hydrogen) atoms. The second-order valence-electron chi connectivity index (χ2n) is 5.34. The van der Waals surface area contributed by atoms with Crippen LogP contribution in [0.15, 0.2) is 30.3 Å². The van der Waals surface area contributed by atoms with E-state index in [1.165, 1.54) is 31.0 Å². The van der Waals surface area contributed by atoms with Gasteiger partial charge in [0.1, 0.15) is 0 Å². The Morgan fingerprint density at radius 1 is 1.25 bits per heavy atom. The molecule has 110 valence electrons. The minimum Gasteiger partial charge on any atom is -0.388 e. The molecule has 0 aliphatic heterocycles. The number of aliphatic hydroxyl groups excluding tert-OH is 1. The van der Waals surface area contributed by atoms with E-state index in [0.717, 1.165) is 18.4 Å². The van der Waals surface area contributed by atoms with E-state index in [1.807, 2.05) is 30.3 Å². The molecule has 0 bridgehead atoms. The fraction of sp³-hybridized carbons (Fsp3) is 0.562. The average Bonchev–Trinajstić information content (AvgIpc) is 2.49. The number of rotatable bonds is 6. The third-order valence-corrected chi connectivity index (χ3v) is 4.68. The van der Waals surface area contributed by atoms with E-state index < -0.39 is 6.10 Å². The molecule has 1 fully saturated rings. The lowest BCUT2D eigenvalue weighted by atomic mass is 9.95. The Morgan fingerprint density at radius 2 is 1.95 bits per heavy atom. The molecule has 0 spiro atoms. The van der Waals surface area contributed by atoms with Gasteiger partial charge in [-0.2, -0.15) is 0 Å². The summed E-state index contributed by atoms with van der Waals surface area (Å²) in [7, 11) is 0. The van der Waals surface area contributed by atoms with Crippen molar-refractivity contribution in [2.75, 3.05) is 11.5 Å². The summed E-state index contributed by atoms with van der Waals surface area (Å²) in [5.74, 6) is 1.09. The van der Waals surface area contributed by atoms with Crippen LogP contribution in [0.1, 0.15) is 43.8 Å². The van der Waals surface area contributed by atoms with Crippen molar-refractivity contribution in [3.63, 3.8) is 0 Å². The van der Waals surface area contributed by atoms with Crippen LogP contribution in [0.4, 0.5) is 0 Å². The first-order valence-corrected chi connectivity index (χ1v) is 8.51. The Balaban J connectivity index is 1.63. The zero-order chi connectivity index (χ0) is 14.2. The molecule has 0 heterocycles. The molecule has 1 aliphatic rings. The highest BCUT2D eigenvalue weighted by Gasteiger charge is 2.16. The van der Waals surface area contributed by atoms with Gasteiger partial charge in [0.2, 0.25) is 5.91 Å². The summed E-state index contributed by atoms with van der Waals surface area (Å²) in [6.45, 7) is 0. The normalized spacial score (nSPS) is 17.6. The monoisotopic (exact) mass is 293 g/mol. The number of carbonyl (C=O) groups is 1. The summed E-state index contributed by atoms with van der Waals surface area (Å²) in [6, 6.07) is 9.95. The number of aliphatic hydroxyl groups is 1. The van der Waals surface area contributed by atoms with Crippen molar-refractivity contribution in [1.82, 2.24) is 5.32 Å². The molecule has 1 aromatic rings. The SMILES string of the molecule is O=C(CSCC(O)c1ccccc1)NC1CCCCC1. The van der Waals surface area contributed by atoms with E-state index in [0.29, 0.717) is 17.5 Å². The number of thioether (sulfide) groups is 1. The first-order chi connectivity index (χ1) is 9.75. The van der Waals surface area contributed by atoms with Crippen LogP contribution in [0.25, 0.3) is 0 Å². The Labute approximate surface area is 125 Å². The van der Waals surface area contributed by atoms with Gasteiger partial charge in [-0.3, -0.25) is 4.79 Å². The molecular weight excluding hydrogens is 270 g/mol. The Hall–Kier alpha value is -1.00. The van der Waals surface area contributed by atoms with Crippen molar-refractivity contribution in [2.24, 2.45) is 0 Å². The van der Waals surface area contributed by atoms with E-state index in [2.05, 4.69) is 5.32 Å². The van der Waals surface area contributed by atoms with Gasteiger partial charge < -0.3 is 10.4 Å². The van der Waals surface area contributed by atoms with Gasteiger partial charge in [-0.25, -0.2) is 0 Å². The summed E-state index contributed by atoms with van der Waals surface area (Å²) in [5.41, 5.74) is 0.910. The van der Waals surface area contributed by atoms with Gasteiger partial charge in [-0.05, 0) is 18.4 Å². The minimum atomic E-state index is -0.497. The van der Waals surface area contributed by atoms with Crippen LogP contribution in [-0.4, -0.2) is 28.6 Å². The van der Waals surface area contributed by atoms with Gasteiger partial charge in [0, 0.05) is 11.8 Å². The number of nitrogens with one attached hydrogen (secondary N) is 1. The maximum atomic E-state index is 11.8. The largest absolute Gasteiger partial charge is 0.388 e. The molecular formula is C16H23NO2S. The van der Waals surface area contributed by atoms with Crippen molar-refractivity contribution in [3.8, 4) is 0 Å². The lowest BCUT2D eigenvalue weighted by molar-refractivity contribution is -0.119. The van der Waals surface area contributed by atoms with E-state index in [1.54, 1.807) is 0 Å². The molecule has 0 saturated heterocycles. The number of carbonyl (C=O) groups excluding carboxylic acids is 1. The van der Waals surface area contributed by atoms with Gasteiger partial charge in [-0.15, -0.1) is 11.8 Å². The van der Waals surface area contributed by atoms with Gasteiger partial charge in [0.05, 0.1) is 11.9 Å². The first kappa shape index (κ1) is 15.4. The van der Waals surface area contributed by atoms with Crippen LogP contribution in [0.3, 0.4) is 0 Å². The summed E-state index contributed by atoms with van der Waals surface area (Å²) in [6.07, 6.45) is 5.48. The van der Waals surface area contributed by atoms with Gasteiger partial charge in [-0.1, -0.05) is 49.6 Å². The highest BCUT2D eigenvalue weighted by Crippen LogP contribution is 2.19. The third-order valence-electron chi connectivity index (χ3n) is 3.66. The fourth-order valence-electron chi connectivity index (χ4n) is 2.55. The summed E-state index contributed by atoms with van der Waals surface area (Å²) < 4.78 is 0. The molecule has 1 aromatic carbocycles. The van der Waals surface area contributed by atoms with Crippen molar-refractivity contribution in [2.45, 2.75) is 44.2 Å². The standard InChI is InChI=1S/C16H23NO2S/c18-15(13-7-3-1-4-8-13)11-20-12-16(19)17-14-9-5-2-6-10-14/h1,3-4,7-8,14-15,18H,2,5-6,9-12H2,(H,17,19). The molecule has 2 rings (SSSR count). The van der Waals surface area contributed by atoms with Crippen LogP contribution >= 0.6 is 11.8 Å². The lowest BCUT2D eigenvalue weighted by Gasteiger charge is -2.22. The Kier molecular flexibility index (Phi) is 6.40. The first-order valence-electron chi connectivity index (χ1n) is 7.36. The van der Waals surface area contributed by atoms with E-state index in [-0.39, 0.29) is 5.91 Å². The van der Waals surface area contributed by atoms with Crippen molar-refractivity contribution < 1.29 is 9.90 Å². The van der Waals surface area contributed by atoms with E-state index >= 15 is 0 Å². The number of hydrogen-bond donors (Lipinski definition) is 2. The lowest BCUT2D eigenvalue weighted by Crippen LogP contribution is -2.37. The molecule has 1 atom stereocenters. The summed E-state index contributed by atoms with van der Waals surface area (Å²) in [5, 5.41) is 13.1. The highest BCUT2D eigenvalue weighted by molar-refractivity contribution is 7.99. The highest BCUT2D eigenvalue weighted by atomic mass is 32.2. The topological polar surface area (TPSA) is 49.3 Å². The Bertz CT molecular complexity index is 404. The third kappa shape index (κ3) is 5.17. The van der Waals surface area contributed by atoms with Crippen LogP contribution in [0.2, 0.25) is 0 Å². The van der Waals surface area contributed by atoms with Crippen molar-refractivity contribution in [3.05, 3.63) is 35.9 Å². The average molecular weight is 293 g/mol. The van der Waals surface area contributed by atoms with Crippen LogP contribution in [0.5, 0.6) is 0 Å². The molecule has 1 amide bonds. The van der Waals surface area contributed by atoms with Crippen LogP contribution in [-0.2, 0) is 4.79 Å². The molecule has 1 unspecified atom stereocenters. The summed E-state index contributed by atoms with van der Waals surface area (Å²) >= 11 is 1.49. The molecule has 2 N–H and O–H groups in total. The molecule has 4 heteroatoms. The molecule has 0 aromatic heterocycles. The van der Waals surface area contributed by atoms with Crippen molar-refractivity contribution >= 4 is 17.7 Å². The van der Waals surface area contributed by atoms with Crippen LogP contribution in [0, 0.1) is 0 Å². The molecule has 0 radical (unpaired) electrons. The quantitative estimate of drug-likeness (QED) is 0.848. The number of benzene rings is 1. The second kappa shape index (κ2) is 8.32. The number of hydrogen-bond acceptors (Lipinski definition) is 3.